The topological polar surface area (TPSA) is 55.2 Å². The number of halogens is 2. The van der Waals surface area contributed by atoms with Crippen molar-refractivity contribution in [2.24, 2.45) is 0 Å². The Morgan fingerprint density at radius 1 is 1.47 bits per heavy atom. The van der Waals surface area contributed by atoms with Gasteiger partial charge in [0.15, 0.2) is 0 Å². The molecule has 0 heterocycles. The largest absolute Gasteiger partial charge is 0.381 e. The molecule has 0 fully saturated rings. The van der Waals surface area contributed by atoms with Crippen LogP contribution in [0.15, 0.2) is 18.2 Å². The summed E-state index contributed by atoms with van der Waals surface area (Å²) in [6, 6.07) is 3.58. The molecule has 0 aliphatic rings. The lowest BCUT2D eigenvalue weighted by Crippen LogP contribution is -2.22. The van der Waals surface area contributed by atoms with Crippen LogP contribution in [0.25, 0.3) is 0 Å². The number of rotatable bonds is 7. The van der Waals surface area contributed by atoms with Crippen molar-refractivity contribution >= 4 is 23.1 Å². The van der Waals surface area contributed by atoms with Crippen molar-refractivity contribution in [2.75, 3.05) is 17.3 Å². The molecule has 1 aromatic rings. The van der Waals surface area contributed by atoms with Crippen LogP contribution in [0.2, 0.25) is 0 Å². The molecule has 19 heavy (non-hydrogen) atoms. The van der Waals surface area contributed by atoms with E-state index in [2.05, 4.69) is 5.32 Å². The molecule has 4 nitrogen and oxygen atoms in total. The highest BCUT2D eigenvalue weighted by Crippen LogP contribution is 2.31. The van der Waals surface area contributed by atoms with Gasteiger partial charge in [-0.05, 0) is 18.7 Å². The Morgan fingerprint density at radius 3 is 2.63 bits per heavy atom. The summed E-state index contributed by atoms with van der Waals surface area (Å²) in [5.41, 5.74) is -0.381. The molecule has 1 unspecified atom stereocenters. The predicted octanol–water partition coefficient (Wildman–Crippen LogP) is 4.09. The van der Waals surface area contributed by atoms with E-state index >= 15 is 0 Å². The van der Waals surface area contributed by atoms with Crippen molar-refractivity contribution < 1.29 is 13.7 Å². The van der Waals surface area contributed by atoms with Crippen LogP contribution in [0.3, 0.4) is 0 Å². The van der Waals surface area contributed by atoms with Crippen molar-refractivity contribution in [3.63, 3.8) is 0 Å². The van der Waals surface area contributed by atoms with Crippen LogP contribution in [0.5, 0.6) is 0 Å². The fourth-order valence-corrected chi connectivity index (χ4v) is 2.38. The lowest BCUT2D eigenvalue weighted by Gasteiger charge is -2.19. The fourth-order valence-electron chi connectivity index (χ4n) is 1.66. The Kier molecular flexibility index (Phi) is 6.01. The second-order valence-corrected chi connectivity index (χ2v) is 4.94. The van der Waals surface area contributed by atoms with Gasteiger partial charge in [0.05, 0.1) is 4.92 Å². The molecule has 0 saturated carbocycles. The average molecular weight is 290 g/mol. The van der Waals surface area contributed by atoms with E-state index in [1.54, 1.807) is 11.8 Å². The minimum atomic E-state index is -2.74. The second-order valence-electron chi connectivity index (χ2n) is 4.03. The van der Waals surface area contributed by atoms with Crippen LogP contribution in [-0.4, -0.2) is 23.0 Å². The molecular weight excluding hydrogens is 274 g/mol. The molecule has 0 aromatic heterocycles. The van der Waals surface area contributed by atoms with Gasteiger partial charge in [0.2, 0.25) is 0 Å². The third-order valence-corrected chi connectivity index (χ3v) is 3.44. The highest BCUT2D eigenvalue weighted by atomic mass is 32.2. The summed E-state index contributed by atoms with van der Waals surface area (Å²) in [7, 11) is 0. The van der Waals surface area contributed by atoms with Gasteiger partial charge in [0.1, 0.15) is 0 Å². The highest BCUT2D eigenvalue weighted by Gasteiger charge is 2.19. The molecule has 1 atom stereocenters. The number of hydrogen-bond acceptors (Lipinski definition) is 4. The van der Waals surface area contributed by atoms with E-state index in [9.17, 15) is 18.9 Å². The molecule has 0 amide bonds. The molecule has 1 aromatic carbocycles. The summed E-state index contributed by atoms with van der Waals surface area (Å²) in [6.07, 6.45) is -0.0106. The smallest absolute Gasteiger partial charge is 0.270 e. The number of nitro groups is 1. The molecule has 1 rings (SSSR count). The number of alkyl halides is 2. The van der Waals surface area contributed by atoms with Gasteiger partial charge in [-0.3, -0.25) is 10.1 Å². The van der Waals surface area contributed by atoms with Crippen molar-refractivity contribution in [1.29, 1.82) is 0 Å². The van der Waals surface area contributed by atoms with Gasteiger partial charge in [-0.2, -0.15) is 11.8 Å². The van der Waals surface area contributed by atoms with Gasteiger partial charge in [-0.1, -0.05) is 6.92 Å². The lowest BCUT2D eigenvalue weighted by atomic mass is 10.1. The number of nitro benzene ring substituents is 1. The Balaban J connectivity index is 3.02. The van der Waals surface area contributed by atoms with E-state index in [-0.39, 0.29) is 23.0 Å². The number of nitrogens with one attached hydrogen (secondary N) is 1. The van der Waals surface area contributed by atoms with Crippen LogP contribution >= 0.6 is 11.8 Å². The third kappa shape index (κ3) is 4.34. The van der Waals surface area contributed by atoms with Crippen molar-refractivity contribution in [1.82, 2.24) is 0 Å². The maximum Gasteiger partial charge on any atom is 0.270 e. The summed E-state index contributed by atoms with van der Waals surface area (Å²) in [5, 5.41) is 13.6. The van der Waals surface area contributed by atoms with E-state index in [0.29, 0.717) is 0 Å². The normalized spacial score (nSPS) is 12.5. The SMILES string of the molecule is CCC(CSC)Nc1ccc([N+](=O)[O-])cc1C(F)F. The Morgan fingerprint density at radius 2 is 2.16 bits per heavy atom. The molecule has 0 spiro atoms. The lowest BCUT2D eigenvalue weighted by molar-refractivity contribution is -0.385. The monoisotopic (exact) mass is 290 g/mol. The Bertz CT molecular complexity index is 444. The van der Waals surface area contributed by atoms with E-state index in [0.717, 1.165) is 18.2 Å². The third-order valence-electron chi connectivity index (χ3n) is 2.70. The molecule has 106 valence electrons. The van der Waals surface area contributed by atoms with Gasteiger partial charge < -0.3 is 5.32 Å². The molecule has 7 heteroatoms. The van der Waals surface area contributed by atoms with Crippen LogP contribution < -0.4 is 5.32 Å². The Labute approximate surface area is 114 Å². The second kappa shape index (κ2) is 7.28. The highest BCUT2D eigenvalue weighted by molar-refractivity contribution is 7.98. The summed E-state index contributed by atoms with van der Waals surface area (Å²) >= 11 is 1.62. The zero-order valence-corrected chi connectivity index (χ0v) is 11.5. The predicted molar refractivity (Wildman–Crippen MR) is 74.1 cm³/mol. The van der Waals surface area contributed by atoms with Crippen LogP contribution in [0.1, 0.15) is 25.3 Å². The molecular formula is C12H16F2N2O2S. The number of nitrogens with zero attached hydrogens (tertiary/aromatic N) is 1. The van der Waals surface area contributed by atoms with Crippen molar-refractivity contribution in [3.8, 4) is 0 Å². The first kappa shape index (κ1) is 15.7. The zero-order chi connectivity index (χ0) is 14.4. The van der Waals surface area contributed by atoms with Gasteiger partial charge in [0.25, 0.3) is 12.1 Å². The van der Waals surface area contributed by atoms with E-state index in [4.69, 9.17) is 0 Å². The molecule has 0 aliphatic carbocycles. The molecule has 0 aliphatic heterocycles. The van der Waals surface area contributed by atoms with Crippen molar-refractivity contribution in [2.45, 2.75) is 25.8 Å². The van der Waals surface area contributed by atoms with Crippen LogP contribution in [-0.2, 0) is 0 Å². The quantitative estimate of drug-likeness (QED) is 0.607. The summed E-state index contributed by atoms with van der Waals surface area (Å²) in [6.45, 7) is 1.96. The van der Waals surface area contributed by atoms with Gasteiger partial charge in [-0.15, -0.1) is 0 Å². The molecule has 1 N–H and O–H groups in total. The number of hydrogen-bond donors (Lipinski definition) is 1. The number of anilines is 1. The standard InChI is InChI=1S/C12H16F2N2O2S/c1-3-8(7-19-2)15-11-5-4-9(16(17)18)6-10(11)12(13)14/h4-6,8,12,15H,3,7H2,1-2H3. The van der Waals surface area contributed by atoms with Crippen LogP contribution in [0, 0.1) is 10.1 Å². The molecule has 0 radical (unpaired) electrons. The van der Waals surface area contributed by atoms with Gasteiger partial charge in [-0.25, -0.2) is 8.78 Å². The number of non-ortho nitro benzene ring substituents is 1. The van der Waals surface area contributed by atoms with Gasteiger partial charge >= 0.3 is 0 Å². The fraction of sp³-hybridized carbons (Fsp3) is 0.500. The Hall–Kier alpha value is -1.37. The molecule has 0 bridgehead atoms. The zero-order valence-electron chi connectivity index (χ0n) is 10.7. The van der Waals surface area contributed by atoms with Crippen molar-refractivity contribution in [3.05, 3.63) is 33.9 Å². The minimum Gasteiger partial charge on any atom is -0.381 e. The average Bonchev–Trinajstić information content (AvgIpc) is 2.37. The first-order valence-electron chi connectivity index (χ1n) is 5.81. The van der Waals surface area contributed by atoms with Gasteiger partial charge in [0, 0.05) is 35.2 Å². The van der Waals surface area contributed by atoms with E-state index < -0.39 is 11.3 Å². The maximum absolute atomic E-state index is 12.9. The van der Waals surface area contributed by atoms with E-state index in [1.807, 2.05) is 13.2 Å². The summed E-state index contributed by atoms with van der Waals surface area (Å²) in [4.78, 5) is 9.93. The van der Waals surface area contributed by atoms with E-state index in [1.165, 1.54) is 12.1 Å². The number of thioether (sulfide) groups is 1. The minimum absolute atomic E-state index is 0.0638. The summed E-state index contributed by atoms with van der Waals surface area (Å²) < 4.78 is 25.9. The first-order chi connectivity index (χ1) is 8.99. The summed E-state index contributed by atoms with van der Waals surface area (Å²) in [5.74, 6) is 0.788. The maximum atomic E-state index is 12.9. The first-order valence-corrected chi connectivity index (χ1v) is 7.20. The number of benzene rings is 1. The van der Waals surface area contributed by atoms with Crippen LogP contribution in [0.4, 0.5) is 20.2 Å². The molecule has 0 saturated heterocycles.